The van der Waals surface area contributed by atoms with Gasteiger partial charge >= 0.3 is 5.97 Å². The lowest BCUT2D eigenvalue weighted by atomic mass is 9.97. The highest BCUT2D eigenvalue weighted by Crippen LogP contribution is 2.22. The molecule has 1 fully saturated rings. The summed E-state index contributed by atoms with van der Waals surface area (Å²) in [6.45, 7) is 4.73. The van der Waals surface area contributed by atoms with Crippen LogP contribution in [0.4, 0.5) is 0 Å². The minimum Gasteiger partial charge on any atom is -0.467 e. The fraction of sp³-hybridized carbons (Fsp3) is 0.750. The van der Waals surface area contributed by atoms with E-state index in [1.165, 1.54) is 7.11 Å². The average molecular weight is 364 g/mol. The Morgan fingerprint density at radius 1 is 1.19 bits per heavy atom. The van der Waals surface area contributed by atoms with Crippen LogP contribution in [-0.2, 0) is 19.1 Å². The van der Waals surface area contributed by atoms with Gasteiger partial charge in [-0.1, -0.05) is 32.4 Å². The van der Waals surface area contributed by atoms with Crippen molar-refractivity contribution in [3.05, 3.63) is 12.2 Å². The first-order chi connectivity index (χ1) is 12.4. The molecule has 1 N–H and O–H groups in total. The molecular formula is C20H32N2O4. The molecule has 0 radical (unpaired) electrons. The number of fused-ring (bicyclic) bond motifs is 1. The number of esters is 1. The first kappa shape index (κ1) is 20.5. The number of nitrogens with one attached hydrogen (secondary N) is 1. The molecule has 0 aliphatic carbocycles. The van der Waals surface area contributed by atoms with Crippen LogP contribution >= 0.6 is 0 Å². The maximum Gasteiger partial charge on any atom is 0.328 e. The zero-order chi connectivity index (χ0) is 19.1. The fourth-order valence-electron chi connectivity index (χ4n) is 3.81. The summed E-state index contributed by atoms with van der Waals surface area (Å²) in [5.41, 5.74) is 0. The molecule has 6 nitrogen and oxygen atoms in total. The van der Waals surface area contributed by atoms with Gasteiger partial charge in [0, 0.05) is 18.9 Å². The first-order valence-electron chi connectivity index (χ1n) is 9.78. The zero-order valence-corrected chi connectivity index (χ0v) is 16.2. The van der Waals surface area contributed by atoms with E-state index in [0.717, 1.165) is 32.1 Å². The molecular weight excluding hydrogens is 332 g/mol. The van der Waals surface area contributed by atoms with Crippen LogP contribution in [0.2, 0.25) is 0 Å². The number of allylic oxidation sites excluding steroid dienone is 1. The van der Waals surface area contributed by atoms with Crippen LogP contribution in [0.1, 0.15) is 58.8 Å². The van der Waals surface area contributed by atoms with Crippen LogP contribution in [0.5, 0.6) is 0 Å². The number of hydrogen-bond donors (Lipinski definition) is 1. The first-order valence-corrected chi connectivity index (χ1v) is 9.78. The monoisotopic (exact) mass is 364 g/mol. The van der Waals surface area contributed by atoms with Gasteiger partial charge in [0.15, 0.2) is 0 Å². The Balaban J connectivity index is 2.20. The van der Waals surface area contributed by atoms with Gasteiger partial charge in [0.25, 0.3) is 0 Å². The molecule has 2 rings (SSSR count). The van der Waals surface area contributed by atoms with Crippen molar-refractivity contribution in [3.8, 4) is 0 Å². The lowest BCUT2D eigenvalue weighted by molar-refractivity contribution is -0.147. The molecule has 26 heavy (non-hydrogen) atoms. The van der Waals surface area contributed by atoms with Crippen molar-refractivity contribution in [2.45, 2.75) is 70.9 Å². The van der Waals surface area contributed by atoms with Crippen molar-refractivity contribution < 1.29 is 19.1 Å². The molecule has 0 spiro atoms. The molecule has 146 valence electrons. The maximum atomic E-state index is 12.8. The van der Waals surface area contributed by atoms with E-state index < -0.39 is 18.1 Å². The molecule has 4 atom stereocenters. The Labute approximate surface area is 156 Å². The van der Waals surface area contributed by atoms with E-state index in [1.807, 2.05) is 13.0 Å². The second-order valence-corrected chi connectivity index (χ2v) is 7.62. The van der Waals surface area contributed by atoms with Crippen molar-refractivity contribution in [1.29, 1.82) is 0 Å². The number of ether oxygens (including phenoxy) is 1. The minimum absolute atomic E-state index is 0.0468. The number of carbonyl (C=O) groups is 3. The molecule has 6 heteroatoms. The molecule has 2 aliphatic heterocycles. The van der Waals surface area contributed by atoms with Crippen molar-refractivity contribution in [3.63, 3.8) is 0 Å². The van der Waals surface area contributed by atoms with Crippen LogP contribution < -0.4 is 5.32 Å². The smallest absolute Gasteiger partial charge is 0.328 e. The van der Waals surface area contributed by atoms with Crippen LogP contribution in [0.15, 0.2) is 12.2 Å². The normalized spacial score (nSPS) is 32.8. The summed E-state index contributed by atoms with van der Waals surface area (Å²) in [7, 11) is 1.33. The summed E-state index contributed by atoms with van der Waals surface area (Å²) in [5, 5.41) is 2.83. The Bertz CT molecular complexity index is 546. The predicted octanol–water partition coefficient (Wildman–Crippen LogP) is 2.43. The van der Waals surface area contributed by atoms with E-state index in [-0.39, 0.29) is 17.7 Å². The number of methoxy groups -OCH3 is 1. The van der Waals surface area contributed by atoms with Gasteiger partial charge < -0.3 is 15.0 Å². The Hall–Kier alpha value is -1.85. The van der Waals surface area contributed by atoms with Gasteiger partial charge in [-0.3, -0.25) is 9.59 Å². The van der Waals surface area contributed by atoms with Gasteiger partial charge in [-0.15, -0.1) is 0 Å². The van der Waals surface area contributed by atoms with Gasteiger partial charge in [-0.05, 0) is 38.0 Å². The number of amides is 2. The van der Waals surface area contributed by atoms with E-state index in [1.54, 1.807) is 4.90 Å². The van der Waals surface area contributed by atoms with Gasteiger partial charge in [0.2, 0.25) is 11.8 Å². The minimum atomic E-state index is -0.733. The molecule has 2 heterocycles. The van der Waals surface area contributed by atoms with E-state index in [9.17, 15) is 14.4 Å². The van der Waals surface area contributed by atoms with Gasteiger partial charge in [0.05, 0.1) is 7.11 Å². The van der Waals surface area contributed by atoms with E-state index >= 15 is 0 Å². The SMILES string of the molecule is COC(=O)C1NC(=O)C2CCCN2C(=O)CCCC(C)CC/C=C\C1C. The third-order valence-corrected chi connectivity index (χ3v) is 5.51. The molecule has 1 saturated heterocycles. The van der Waals surface area contributed by atoms with Gasteiger partial charge in [-0.2, -0.15) is 0 Å². The van der Waals surface area contributed by atoms with E-state index in [4.69, 9.17) is 4.74 Å². The van der Waals surface area contributed by atoms with Crippen molar-refractivity contribution in [2.24, 2.45) is 11.8 Å². The topological polar surface area (TPSA) is 75.7 Å². The maximum absolute atomic E-state index is 12.8. The van der Waals surface area contributed by atoms with Gasteiger partial charge in [-0.25, -0.2) is 4.79 Å². The van der Waals surface area contributed by atoms with Crippen LogP contribution in [0, 0.1) is 11.8 Å². The highest BCUT2D eigenvalue weighted by atomic mass is 16.5. The number of nitrogens with zero attached hydrogens (tertiary/aromatic N) is 1. The fourth-order valence-corrected chi connectivity index (χ4v) is 3.81. The lowest BCUT2D eigenvalue weighted by Gasteiger charge is -2.27. The van der Waals surface area contributed by atoms with E-state index in [0.29, 0.717) is 25.3 Å². The van der Waals surface area contributed by atoms with Crippen molar-refractivity contribution in [1.82, 2.24) is 10.2 Å². The summed E-state index contributed by atoms with van der Waals surface area (Å²) in [5.74, 6) is -0.278. The summed E-state index contributed by atoms with van der Waals surface area (Å²) < 4.78 is 4.88. The quantitative estimate of drug-likeness (QED) is 0.573. The van der Waals surface area contributed by atoms with E-state index in [2.05, 4.69) is 18.3 Å². The molecule has 0 aromatic carbocycles. The van der Waals surface area contributed by atoms with Crippen LogP contribution in [0.3, 0.4) is 0 Å². The summed E-state index contributed by atoms with van der Waals surface area (Å²) in [4.78, 5) is 39.2. The Morgan fingerprint density at radius 2 is 1.96 bits per heavy atom. The molecule has 0 aromatic rings. The number of rotatable bonds is 1. The third-order valence-electron chi connectivity index (χ3n) is 5.51. The van der Waals surface area contributed by atoms with Crippen LogP contribution in [-0.4, -0.2) is 48.4 Å². The summed E-state index contributed by atoms with van der Waals surface area (Å²) >= 11 is 0. The molecule has 4 unspecified atom stereocenters. The molecule has 2 amide bonds. The lowest BCUT2D eigenvalue weighted by Crippen LogP contribution is -2.52. The van der Waals surface area contributed by atoms with Crippen molar-refractivity contribution >= 4 is 17.8 Å². The molecule has 0 aromatic heterocycles. The summed E-state index contributed by atoms with van der Waals surface area (Å²) in [6.07, 6.45) is 9.86. The molecule has 0 bridgehead atoms. The highest BCUT2D eigenvalue weighted by molar-refractivity contribution is 5.91. The Morgan fingerprint density at radius 3 is 2.69 bits per heavy atom. The largest absolute Gasteiger partial charge is 0.467 e. The molecule has 2 aliphatic rings. The average Bonchev–Trinajstić information content (AvgIpc) is 3.11. The molecule has 0 saturated carbocycles. The number of hydrogen-bond acceptors (Lipinski definition) is 4. The highest BCUT2D eigenvalue weighted by Gasteiger charge is 2.36. The van der Waals surface area contributed by atoms with Crippen molar-refractivity contribution in [2.75, 3.05) is 13.7 Å². The zero-order valence-electron chi connectivity index (χ0n) is 16.2. The van der Waals surface area contributed by atoms with Gasteiger partial charge in [0.1, 0.15) is 12.1 Å². The Kier molecular flexibility index (Phi) is 7.66. The third kappa shape index (κ3) is 5.32. The second-order valence-electron chi connectivity index (χ2n) is 7.62. The van der Waals surface area contributed by atoms with Crippen LogP contribution in [0.25, 0.3) is 0 Å². The number of carbonyl (C=O) groups excluding carboxylic acids is 3. The standard InChI is InChI=1S/C20H32N2O4/c1-14-8-4-5-10-15(2)18(20(25)26-3)21-19(24)16-11-7-13-22(16)17(23)12-6-9-14/h5,10,14-16,18H,4,6-9,11-13H2,1-3H3,(H,21,24)/b10-5-. The second kappa shape index (κ2) is 9.74. The summed E-state index contributed by atoms with van der Waals surface area (Å²) in [6, 6.07) is -1.21. The predicted molar refractivity (Wildman–Crippen MR) is 99.2 cm³/mol.